The van der Waals surface area contributed by atoms with Crippen LogP contribution in [0.5, 0.6) is 0 Å². The van der Waals surface area contributed by atoms with Crippen LogP contribution < -0.4 is 10.0 Å². The second kappa shape index (κ2) is 8.96. The molecule has 1 aromatic heterocycles. The Balaban J connectivity index is 1.58. The molecule has 1 amide bonds. The van der Waals surface area contributed by atoms with E-state index in [-0.39, 0.29) is 22.8 Å². The van der Waals surface area contributed by atoms with Crippen LogP contribution in [0.2, 0.25) is 0 Å². The fraction of sp³-hybridized carbons (Fsp3) is 0.655. The molecule has 1 heterocycles. The van der Waals surface area contributed by atoms with E-state index in [0.29, 0.717) is 10.9 Å². The highest BCUT2D eigenvalue weighted by atomic mass is 32.1. The van der Waals surface area contributed by atoms with Gasteiger partial charge in [-0.1, -0.05) is 64.4 Å². The van der Waals surface area contributed by atoms with Gasteiger partial charge in [-0.05, 0) is 90.5 Å². The standard InChI is InChI=1S/C29H40N2O2S/c1-28(2,3)21-16-20(17-22(18-21)29(4)13-14-29)25-24(15-19-9-6-5-7-10-19)31(33)27(34-25)26(32)30-23-11-8-12-23/h16-19,23H,5-15H2,1-4H3,(H-,30,32,33)/p+1. The van der Waals surface area contributed by atoms with Gasteiger partial charge in [0.05, 0.1) is 0 Å². The largest absolute Gasteiger partial charge is 0.377 e. The molecule has 0 saturated heterocycles. The van der Waals surface area contributed by atoms with Crippen molar-refractivity contribution in [2.75, 3.05) is 0 Å². The first-order valence-corrected chi connectivity index (χ1v) is 14.2. The summed E-state index contributed by atoms with van der Waals surface area (Å²) in [7, 11) is 0. The minimum Gasteiger partial charge on any atom is -0.343 e. The molecule has 2 aromatic rings. The molecule has 0 bridgehead atoms. The van der Waals surface area contributed by atoms with Gasteiger partial charge in [0.15, 0.2) is 0 Å². The molecule has 3 aliphatic rings. The van der Waals surface area contributed by atoms with Crippen LogP contribution in [0.25, 0.3) is 10.4 Å². The number of nitrogens with zero attached hydrogens (tertiary/aromatic N) is 1. The first-order chi connectivity index (χ1) is 16.1. The van der Waals surface area contributed by atoms with Crippen LogP contribution in [0.1, 0.15) is 119 Å². The number of nitrogens with one attached hydrogen (secondary N) is 1. The first-order valence-electron chi connectivity index (χ1n) is 13.4. The average Bonchev–Trinajstić information content (AvgIpc) is 3.45. The molecule has 184 valence electrons. The predicted octanol–water partition coefficient (Wildman–Crippen LogP) is 6.69. The molecule has 0 radical (unpaired) electrons. The van der Waals surface area contributed by atoms with Crippen LogP contribution in [0.4, 0.5) is 0 Å². The first kappa shape index (κ1) is 23.8. The number of benzene rings is 1. The zero-order valence-electron chi connectivity index (χ0n) is 21.4. The molecular formula is C29H41N2O2S+. The summed E-state index contributed by atoms with van der Waals surface area (Å²) in [6.45, 7) is 9.17. The van der Waals surface area contributed by atoms with Crippen LogP contribution in [0.3, 0.4) is 0 Å². The molecule has 0 unspecified atom stereocenters. The number of carbonyl (C=O) groups is 1. The number of hydrogen-bond acceptors (Lipinski definition) is 3. The number of amides is 1. The highest BCUT2D eigenvalue weighted by molar-refractivity contribution is 7.16. The lowest BCUT2D eigenvalue weighted by atomic mass is 9.82. The molecule has 34 heavy (non-hydrogen) atoms. The minimum atomic E-state index is -0.130. The Kier molecular flexibility index (Phi) is 6.29. The predicted molar refractivity (Wildman–Crippen MR) is 138 cm³/mol. The maximum Gasteiger partial charge on any atom is 0.377 e. The monoisotopic (exact) mass is 481 g/mol. The van der Waals surface area contributed by atoms with Crippen LogP contribution in [0, 0.1) is 5.92 Å². The number of carbonyl (C=O) groups excluding carboxylic acids is 1. The molecule has 0 spiro atoms. The third kappa shape index (κ3) is 4.78. The molecule has 4 nitrogen and oxygen atoms in total. The van der Waals surface area contributed by atoms with Crippen LogP contribution in [0.15, 0.2) is 18.2 Å². The molecule has 5 heteroatoms. The van der Waals surface area contributed by atoms with Gasteiger partial charge in [0.2, 0.25) is 0 Å². The lowest BCUT2D eigenvalue weighted by Gasteiger charge is -2.25. The van der Waals surface area contributed by atoms with E-state index in [1.54, 1.807) is 0 Å². The van der Waals surface area contributed by atoms with E-state index in [1.807, 2.05) is 0 Å². The second-order valence-corrected chi connectivity index (χ2v) is 13.4. The molecule has 5 rings (SSSR count). The van der Waals surface area contributed by atoms with Crippen LogP contribution in [-0.4, -0.2) is 17.2 Å². The fourth-order valence-electron chi connectivity index (χ4n) is 5.45. The van der Waals surface area contributed by atoms with Crippen molar-refractivity contribution in [2.45, 2.75) is 115 Å². The lowest BCUT2D eigenvalue weighted by Crippen LogP contribution is -2.46. The Bertz CT molecular complexity index is 1040. The van der Waals surface area contributed by atoms with Crippen molar-refractivity contribution in [3.63, 3.8) is 0 Å². The lowest BCUT2D eigenvalue weighted by molar-refractivity contribution is -0.907. The molecule has 3 saturated carbocycles. The molecule has 1 aromatic carbocycles. The average molecular weight is 482 g/mol. The SMILES string of the molecule is CC(C)(C)c1cc(-c2sc(C(=O)NC3CCC3)[n+](O)c2CC2CCCCC2)cc(C2(C)CC2)c1. The summed E-state index contributed by atoms with van der Waals surface area (Å²) in [4.78, 5) is 14.2. The third-order valence-electron chi connectivity index (χ3n) is 8.51. The van der Waals surface area contributed by atoms with Crippen LogP contribution in [-0.2, 0) is 17.3 Å². The van der Waals surface area contributed by atoms with Crippen molar-refractivity contribution in [1.82, 2.24) is 5.32 Å². The Morgan fingerprint density at radius 2 is 1.79 bits per heavy atom. The highest BCUT2D eigenvalue weighted by Gasteiger charge is 2.41. The smallest absolute Gasteiger partial charge is 0.343 e. The summed E-state index contributed by atoms with van der Waals surface area (Å²) >= 11 is 1.47. The number of aromatic nitrogens is 1. The molecule has 3 fully saturated rings. The topological polar surface area (TPSA) is 53.2 Å². The molecule has 0 atom stereocenters. The van der Waals surface area contributed by atoms with Crippen molar-refractivity contribution in [1.29, 1.82) is 0 Å². The van der Waals surface area contributed by atoms with Gasteiger partial charge in [0.25, 0.3) is 5.69 Å². The Morgan fingerprint density at radius 1 is 1.09 bits per heavy atom. The zero-order chi connectivity index (χ0) is 24.1. The highest BCUT2D eigenvalue weighted by Crippen LogP contribution is 2.49. The number of thiazole rings is 1. The quantitative estimate of drug-likeness (QED) is 0.356. The second-order valence-electron chi connectivity index (χ2n) is 12.4. The maximum atomic E-state index is 13.1. The number of hydrogen-bond donors (Lipinski definition) is 2. The van der Waals surface area contributed by atoms with Crippen molar-refractivity contribution in [3.05, 3.63) is 40.0 Å². The molecule has 0 aliphatic heterocycles. The normalized spacial score (nSPS) is 20.7. The van der Waals surface area contributed by atoms with E-state index in [9.17, 15) is 10.0 Å². The van der Waals surface area contributed by atoms with Gasteiger partial charge in [-0.15, -0.1) is 0 Å². The molecule has 3 aliphatic carbocycles. The van der Waals surface area contributed by atoms with Crippen LogP contribution >= 0.6 is 11.3 Å². The molecule has 2 N–H and O–H groups in total. The summed E-state index contributed by atoms with van der Waals surface area (Å²) in [5.41, 5.74) is 5.12. The van der Waals surface area contributed by atoms with E-state index in [1.165, 1.54) is 78.6 Å². The van der Waals surface area contributed by atoms with Gasteiger partial charge in [0.1, 0.15) is 4.88 Å². The fourth-order valence-corrected chi connectivity index (χ4v) is 6.51. The van der Waals surface area contributed by atoms with E-state index in [4.69, 9.17) is 0 Å². The van der Waals surface area contributed by atoms with E-state index in [2.05, 4.69) is 51.2 Å². The summed E-state index contributed by atoms with van der Waals surface area (Å²) in [6, 6.07) is 7.29. The van der Waals surface area contributed by atoms with Gasteiger partial charge in [-0.25, -0.2) is 0 Å². The summed E-state index contributed by atoms with van der Waals surface area (Å²) in [6.07, 6.45) is 12.8. The van der Waals surface area contributed by atoms with E-state index < -0.39 is 0 Å². The van der Waals surface area contributed by atoms with Crippen molar-refractivity contribution < 1.29 is 14.7 Å². The summed E-state index contributed by atoms with van der Waals surface area (Å²) in [5.74, 6) is 0.448. The number of rotatable bonds is 6. The summed E-state index contributed by atoms with van der Waals surface area (Å²) in [5, 5.41) is 14.9. The molecular weight excluding hydrogens is 440 g/mol. The third-order valence-corrected chi connectivity index (χ3v) is 9.74. The van der Waals surface area contributed by atoms with Crippen molar-refractivity contribution >= 4 is 17.2 Å². The van der Waals surface area contributed by atoms with Gasteiger partial charge in [-0.3, -0.25) is 10.0 Å². The Morgan fingerprint density at radius 3 is 2.38 bits per heavy atom. The van der Waals surface area contributed by atoms with E-state index >= 15 is 0 Å². The van der Waals surface area contributed by atoms with Gasteiger partial charge in [0, 0.05) is 17.2 Å². The Hall–Kier alpha value is -1.88. The van der Waals surface area contributed by atoms with Gasteiger partial charge < -0.3 is 5.32 Å². The van der Waals surface area contributed by atoms with Gasteiger partial charge >= 0.3 is 10.9 Å². The minimum absolute atomic E-state index is 0.0381. The van der Waals surface area contributed by atoms with Crippen molar-refractivity contribution in [2.24, 2.45) is 5.92 Å². The Labute approximate surface area is 208 Å². The maximum absolute atomic E-state index is 13.1. The van der Waals surface area contributed by atoms with E-state index in [0.717, 1.165) is 35.4 Å². The van der Waals surface area contributed by atoms with Gasteiger partial charge in [-0.2, -0.15) is 0 Å². The summed E-state index contributed by atoms with van der Waals surface area (Å²) < 4.78 is 1.24. The van der Waals surface area contributed by atoms with Crippen molar-refractivity contribution in [3.8, 4) is 10.4 Å². The zero-order valence-corrected chi connectivity index (χ0v) is 22.2.